The molecule has 0 N–H and O–H groups in total. The molecule has 2 heterocycles. The standard InChI is InChI=1S/C15H18O4/c1-2-17-15(16)12-10-11(12)14-9-7-4-3-6(5-7)8(9)13(10)18-19-14/h6-7,10-14H,2-5H2,1H3/t6-,7+,10+,11-,12?,13-,14+. The van der Waals surface area contributed by atoms with E-state index in [-0.39, 0.29) is 24.1 Å². The highest BCUT2D eigenvalue weighted by Gasteiger charge is 2.72. The summed E-state index contributed by atoms with van der Waals surface area (Å²) in [4.78, 5) is 23.2. The molecule has 4 aliphatic carbocycles. The molecule has 2 saturated carbocycles. The summed E-state index contributed by atoms with van der Waals surface area (Å²) in [6.07, 6.45) is 4.01. The first-order valence-corrected chi connectivity index (χ1v) is 7.54. The molecule has 0 aromatic rings. The van der Waals surface area contributed by atoms with Crippen molar-refractivity contribution < 1.29 is 19.3 Å². The molecular formula is C15H18O4. The molecule has 0 aromatic heterocycles. The van der Waals surface area contributed by atoms with Gasteiger partial charge in [-0.2, -0.15) is 0 Å². The minimum Gasteiger partial charge on any atom is -0.466 e. The molecule has 7 atom stereocenters. The largest absolute Gasteiger partial charge is 0.466 e. The van der Waals surface area contributed by atoms with Crippen molar-refractivity contribution in [3.05, 3.63) is 11.1 Å². The van der Waals surface area contributed by atoms with E-state index in [1.807, 2.05) is 6.92 Å². The number of hydrogen-bond donors (Lipinski definition) is 0. The van der Waals surface area contributed by atoms with Crippen molar-refractivity contribution in [3.63, 3.8) is 0 Å². The molecule has 4 heteroatoms. The van der Waals surface area contributed by atoms with Crippen LogP contribution in [0, 0.1) is 29.6 Å². The van der Waals surface area contributed by atoms with Crippen LogP contribution < -0.4 is 0 Å². The Balaban J connectivity index is 1.50. The number of ether oxygens (including phenoxy) is 1. The topological polar surface area (TPSA) is 44.8 Å². The predicted molar refractivity (Wildman–Crippen MR) is 64.7 cm³/mol. The van der Waals surface area contributed by atoms with E-state index in [1.165, 1.54) is 30.4 Å². The third-order valence-corrected chi connectivity index (χ3v) is 5.91. The maximum atomic E-state index is 12.0. The van der Waals surface area contributed by atoms with Crippen LogP contribution in [0.2, 0.25) is 0 Å². The molecule has 0 spiro atoms. The maximum Gasteiger partial charge on any atom is 0.309 e. The minimum absolute atomic E-state index is 0.0162. The molecule has 19 heavy (non-hydrogen) atoms. The lowest BCUT2D eigenvalue weighted by atomic mass is 9.78. The van der Waals surface area contributed by atoms with E-state index < -0.39 is 0 Å². The van der Waals surface area contributed by atoms with Crippen molar-refractivity contribution in [2.24, 2.45) is 29.6 Å². The first-order chi connectivity index (χ1) is 9.31. The van der Waals surface area contributed by atoms with Gasteiger partial charge >= 0.3 is 5.97 Å². The Hall–Kier alpha value is -0.870. The fourth-order valence-electron chi connectivity index (χ4n) is 5.27. The Morgan fingerprint density at radius 2 is 1.74 bits per heavy atom. The lowest BCUT2D eigenvalue weighted by Gasteiger charge is -2.40. The zero-order chi connectivity index (χ0) is 12.7. The number of carbonyl (C=O) groups excluding carboxylic acids is 1. The lowest BCUT2D eigenvalue weighted by Crippen LogP contribution is -2.42. The summed E-state index contributed by atoms with van der Waals surface area (Å²) in [6, 6.07) is 0. The van der Waals surface area contributed by atoms with Gasteiger partial charge in [0.05, 0.1) is 12.5 Å². The Morgan fingerprint density at radius 3 is 2.26 bits per heavy atom. The van der Waals surface area contributed by atoms with Gasteiger partial charge in [-0.15, -0.1) is 0 Å². The van der Waals surface area contributed by atoms with Crippen LogP contribution >= 0.6 is 0 Å². The predicted octanol–water partition coefficient (Wildman–Crippen LogP) is 1.85. The van der Waals surface area contributed by atoms with Crippen LogP contribution in [0.3, 0.4) is 0 Å². The molecule has 0 aromatic carbocycles. The first-order valence-electron chi connectivity index (χ1n) is 7.54. The quantitative estimate of drug-likeness (QED) is 0.433. The zero-order valence-corrected chi connectivity index (χ0v) is 11.0. The third kappa shape index (κ3) is 1.16. The molecule has 4 bridgehead atoms. The van der Waals surface area contributed by atoms with Crippen molar-refractivity contribution in [1.29, 1.82) is 0 Å². The summed E-state index contributed by atoms with van der Waals surface area (Å²) >= 11 is 0. The number of fused-ring (bicyclic) bond motifs is 3. The van der Waals surface area contributed by atoms with Gasteiger partial charge in [0.25, 0.3) is 0 Å². The Bertz CT molecular complexity index is 462. The third-order valence-electron chi connectivity index (χ3n) is 5.91. The van der Waals surface area contributed by atoms with Gasteiger partial charge in [0.1, 0.15) is 12.2 Å². The summed E-state index contributed by atoms with van der Waals surface area (Å²) in [5, 5.41) is 0. The number of carbonyl (C=O) groups is 1. The lowest BCUT2D eigenvalue weighted by molar-refractivity contribution is -0.372. The van der Waals surface area contributed by atoms with Crippen LogP contribution in [0.15, 0.2) is 11.1 Å². The van der Waals surface area contributed by atoms with Gasteiger partial charge < -0.3 is 4.74 Å². The SMILES string of the molecule is CCOC(=O)C1[C@@H]2[C@H]1[C@H]1OO[C@@H]2C2=C1[C@H]1CC[C@@H]2C1. The minimum atomic E-state index is -0.0462. The Labute approximate surface area is 112 Å². The molecule has 0 radical (unpaired) electrons. The fourth-order valence-corrected chi connectivity index (χ4v) is 5.27. The number of hydrogen-bond acceptors (Lipinski definition) is 4. The van der Waals surface area contributed by atoms with E-state index in [1.54, 1.807) is 0 Å². The maximum absolute atomic E-state index is 12.0. The number of rotatable bonds is 2. The zero-order valence-electron chi connectivity index (χ0n) is 11.0. The van der Waals surface area contributed by atoms with Crippen molar-refractivity contribution in [1.82, 2.24) is 0 Å². The Kier molecular flexibility index (Phi) is 1.95. The highest BCUT2D eigenvalue weighted by Crippen LogP contribution is 2.68. The second-order valence-electron chi connectivity index (χ2n) is 6.58. The molecule has 0 amide bonds. The Morgan fingerprint density at radius 1 is 1.16 bits per heavy atom. The second kappa shape index (κ2) is 3.41. The smallest absolute Gasteiger partial charge is 0.309 e. The van der Waals surface area contributed by atoms with Gasteiger partial charge in [0, 0.05) is 11.8 Å². The van der Waals surface area contributed by atoms with Crippen molar-refractivity contribution >= 4 is 5.97 Å². The summed E-state index contributed by atoms with van der Waals surface area (Å²) in [5.41, 5.74) is 3.03. The van der Waals surface area contributed by atoms with Crippen molar-refractivity contribution in [2.45, 2.75) is 38.4 Å². The monoisotopic (exact) mass is 262 g/mol. The van der Waals surface area contributed by atoms with E-state index in [9.17, 15) is 4.79 Å². The molecular weight excluding hydrogens is 244 g/mol. The van der Waals surface area contributed by atoms with Crippen LogP contribution in [0.4, 0.5) is 0 Å². The molecule has 6 rings (SSSR count). The fraction of sp³-hybridized carbons (Fsp3) is 0.800. The average Bonchev–Trinajstić information content (AvgIpc) is 2.86. The summed E-state index contributed by atoms with van der Waals surface area (Å²) < 4.78 is 5.21. The highest BCUT2D eigenvalue weighted by atomic mass is 17.2. The normalized spacial score (nSPS) is 52.2. The molecule has 2 aliphatic heterocycles. The van der Waals surface area contributed by atoms with Crippen LogP contribution in [0.1, 0.15) is 26.2 Å². The summed E-state index contributed by atoms with van der Waals surface area (Å²) in [6.45, 7) is 2.33. The highest BCUT2D eigenvalue weighted by molar-refractivity contribution is 5.78. The van der Waals surface area contributed by atoms with Crippen molar-refractivity contribution in [3.8, 4) is 0 Å². The van der Waals surface area contributed by atoms with Gasteiger partial charge in [0.15, 0.2) is 0 Å². The molecule has 3 fully saturated rings. The van der Waals surface area contributed by atoms with Gasteiger partial charge in [-0.3, -0.25) is 4.79 Å². The molecule has 1 unspecified atom stereocenters. The summed E-state index contributed by atoms with van der Waals surface area (Å²) in [7, 11) is 0. The van der Waals surface area contributed by atoms with Crippen LogP contribution in [0.25, 0.3) is 0 Å². The molecule has 102 valence electrons. The van der Waals surface area contributed by atoms with E-state index in [4.69, 9.17) is 14.5 Å². The van der Waals surface area contributed by atoms with Gasteiger partial charge in [-0.1, -0.05) is 0 Å². The van der Waals surface area contributed by atoms with E-state index in [0.717, 1.165) is 0 Å². The molecule has 6 aliphatic rings. The van der Waals surface area contributed by atoms with Crippen LogP contribution in [-0.4, -0.2) is 24.8 Å². The average molecular weight is 262 g/mol. The molecule has 1 saturated heterocycles. The second-order valence-corrected chi connectivity index (χ2v) is 6.58. The van der Waals surface area contributed by atoms with Gasteiger partial charge in [-0.25, -0.2) is 9.78 Å². The first kappa shape index (κ1) is 10.9. The number of esters is 1. The van der Waals surface area contributed by atoms with E-state index in [2.05, 4.69) is 0 Å². The van der Waals surface area contributed by atoms with Gasteiger partial charge in [0.2, 0.25) is 0 Å². The van der Waals surface area contributed by atoms with Crippen molar-refractivity contribution in [2.75, 3.05) is 6.61 Å². The van der Waals surface area contributed by atoms with E-state index >= 15 is 0 Å². The molecule has 4 nitrogen and oxygen atoms in total. The van der Waals surface area contributed by atoms with Crippen LogP contribution in [-0.2, 0) is 19.3 Å². The van der Waals surface area contributed by atoms with E-state index in [0.29, 0.717) is 30.3 Å². The van der Waals surface area contributed by atoms with Gasteiger partial charge in [-0.05, 0) is 49.2 Å². The summed E-state index contributed by atoms with van der Waals surface area (Å²) in [5.74, 6) is 2.05. The van der Waals surface area contributed by atoms with Crippen LogP contribution in [0.5, 0.6) is 0 Å².